The van der Waals surface area contributed by atoms with Gasteiger partial charge in [0.15, 0.2) is 0 Å². The molecule has 1 aromatic rings. The Morgan fingerprint density at radius 1 is 1.50 bits per heavy atom. The lowest BCUT2D eigenvalue weighted by Gasteiger charge is -2.34. The molecule has 1 aromatic carbocycles. The summed E-state index contributed by atoms with van der Waals surface area (Å²) >= 11 is 3.68. The van der Waals surface area contributed by atoms with Gasteiger partial charge in [-0.1, -0.05) is 6.07 Å². The molecule has 1 fully saturated rings. The molecule has 1 atom stereocenters. The first-order valence-corrected chi connectivity index (χ1v) is 7.24. The van der Waals surface area contributed by atoms with Gasteiger partial charge in [-0.25, -0.2) is 0 Å². The minimum Gasteiger partial charge on any atom is -0.380 e. The van der Waals surface area contributed by atoms with Gasteiger partial charge in [-0.3, -0.25) is 0 Å². The molecule has 1 aliphatic rings. The normalized spacial score (nSPS) is 20.2. The monoisotopic (exact) mass is 312 g/mol. The fraction of sp³-hybridized carbons (Fsp3) is 0.571. The number of halogens is 1. The van der Waals surface area contributed by atoms with E-state index in [-0.39, 0.29) is 0 Å². The van der Waals surface area contributed by atoms with Gasteiger partial charge < -0.3 is 15.0 Å². The van der Waals surface area contributed by atoms with E-state index in [9.17, 15) is 0 Å². The topological polar surface area (TPSA) is 24.5 Å². The zero-order chi connectivity index (χ0) is 13.0. The Labute approximate surface area is 118 Å². The first kappa shape index (κ1) is 13.8. The number of rotatable bonds is 4. The maximum Gasteiger partial charge on any atom is 0.0746 e. The van der Waals surface area contributed by atoms with Gasteiger partial charge in [0.25, 0.3) is 0 Å². The van der Waals surface area contributed by atoms with Gasteiger partial charge in [-0.2, -0.15) is 0 Å². The third-order valence-corrected chi connectivity index (χ3v) is 4.08. The molecule has 0 saturated carbocycles. The Morgan fingerprint density at radius 2 is 2.33 bits per heavy atom. The highest BCUT2D eigenvalue weighted by Crippen LogP contribution is 2.30. The summed E-state index contributed by atoms with van der Waals surface area (Å²) in [6, 6.07) is 6.59. The number of hydrogen-bond donors (Lipinski definition) is 1. The van der Waals surface area contributed by atoms with E-state index in [1.807, 2.05) is 7.05 Å². The molecule has 18 heavy (non-hydrogen) atoms. The second kappa shape index (κ2) is 6.55. The van der Waals surface area contributed by atoms with Crippen molar-refractivity contribution in [3.8, 4) is 0 Å². The molecule has 1 N–H and O–H groups in total. The zero-order valence-electron chi connectivity index (χ0n) is 11.1. The predicted molar refractivity (Wildman–Crippen MR) is 79.1 cm³/mol. The smallest absolute Gasteiger partial charge is 0.0746 e. The Morgan fingerprint density at radius 3 is 3.00 bits per heavy atom. The van der Waals surface area contributed by atoms with Crippen LogP contribution in [0.5, 0.6) is 0 Å². The molecular weight excluding hydrogens is 292 g/mol. The molecule has 0 aliphatic carbocycles. The molecule has 100 valence electrons. The van der Waals surface area contributed by atoms with Crippen LogP contribution in [0.4, 0.5) is 5.69 Å². The average molecular weight is 313 g/mol. The Kier molecular flexibility index (Phi) is 5.03. The molecule has 1 unspecified atom stereocenters. The molecule has 1 heterocycles. The third kappa shape index (κ3) is 3.25. The van der Waals surface area contributed by atoms with E-state index in [0.717, 1.165) is 19.6 Å². The maximum absolute atomic E-state index is 5.48. The largest absolute Gasteiger partial charge is 0.380 e. The number of nitrogens with one attached hydrogen (secondary N) is 1. The molecule has 0 spiro atoms. The lowest BCUT2D eigenvalue weighted by Crippen LogP contribution is -2.39. The highest BCUT2D eigenvalue weighted by atomic mass is 79.9. The van der Waals surface area contributed by atoms with Crippen LogP contribution < -0.4 is 10.2 Å². The Hall–Kier alpha value is -0.580. The molecule has 1 saturated heterocycles. The molecule has 2 rings (SSSR count). The van der Waals surface area contributed by atoms with Crippen LogP contribution in [0.1, 0.15) is 18.4 Å². The minimum atomic E-state index is 0.364. The number of ether oxygens (including phenoxy) is 1. The molecule has 3 nitrogen and oxygen atoms in total. The van der Waals surface area contributed by atoms with E-state index >= 15 is 0 Å². The van der Waals surface area contributed by atoms with Gasteiger partial charge >= 0.3 is 0 Å². The number of benzene rings is 1. The Bertz CT molecular complexity index is 397. The second-order valence-electron chi connectivity index (χ2n) is 4.76. The van der Waals surface area contributed by atoms with Crippen LogP contribution in [0.15, 0.2) is 22.7 Å². The van der Waals surface area contributed by atoms with Crippen molar-refractivity contribution in [1.29, 1.82) is 0 Å². The number of methoxy groups -OCH3 is 1. The van der Waals surface area contributed by atoms with Crippen molar-refractivity contribution in [2.45, 2.75) is 25.5 Å². The number of anilines is 1. The lowest BCUT2D eigenvalue weighted by molar-refractivity contribution is 0.0893. The molecule has 0 radical (unpaired) electrons. The summed E-state index contributed by atoms with van der Waals surface area (Å²) in [7, 11) is 3.77. The first-order chi connectivity index (χ1) is 8.74. The molecular formula is C14H21BrN2O. The van der Waals surface area contributed by atoms with Gasteiger partial charge in [0.05, 0.1) is 11.8 Å². The molecule has 4 heteroatoms. The lowest BCUT2D eigenvalue weighted by atomic mass is 10.1. The van der Waals surface area contributed by atoms with E-state index in [1.54, 1.807) is 7.11 Å². The molecule has 1 aliphatic heterocycles. The van der Waals surface area contributed by atoms with Gasteiger partial charge in [0.2, 0.25) is 0 Å². The van der Waals surface area contributed by atoms with Crippen LogP contribution in [-0.2, 0) is 11.3 Å². The van der Waals surface area contributed by atoms with Gasteiger partial charge in [0.1, 0.15) is 0 Å². The van der Waals surface area contributed by atoms with Crippen LogP contribution in [-0.4, -0.2) is 33.4 Å². The van der Waals surface area contributed by atoms with E-state index < -0.39 is 0 Å². The van der Waals surface area contributed by atoms with Crippen LogP contribution >= 0.6 is 15.9 Å². The van der Waals surface area contributed by atoms with Crippen molar-refractivity contribution < 1.29 is 4.74 Å². The summed E-state index contributed by atoms with van der Waals surface area (Å²) in [6.45, 7) is 3.00. The fourth-order valence-corrected chi connectivity index (χ4v) is 3.15. The molecule has 0 bridgehead atoms. The van der Waals surface area contributed by atoms with Crippen molar-refractivity contribution in [3.63, 3.8) is 0 Å². The fourth-order valence-electron chi connectivity index (χ4n) is 2.47. The summed E-state index contributed by atoms with van der Waals surface area (Å²) < 4.78 is 6.65. The van der Waals surface area contributed by atoms with E-state index in [1.165, 1.54) is 28.6 Å². The highest BCUT2D eigenvalue weighted by molar-refractivity contribution is 9.10. The maximum atomic E-state index is 5.48. The summed E-state index contributed by atoms with van der Waals surface area (Å²) in [5, 5.41) is 3.17. The van der Waals surface area contributed by atoms with E-state index in [0.29, 0.717) is 6.10 Å². The molecule has 0 aromatic heterocycles. The van der Waals surface area contributed by atoms with Crippen molar-refractivity contribution in [3.05, 3.63) is 28.2 Å². The SMILES string of the molecule is CNCc1ccc(N2CCCC(OC)C2)c(Br)c1. The predicted octanol–water partition coefficient (Wildman–Crippen LogP) is 2.78. The van der Waals surface area contributed by atoms with E-state index in [2.05, 4.69) is 44.3 Å². The van der Waals surface area contributed by atoms with Gasteiger partial charge in [-0.15, -0.1) is 0 Å². The molecule has 0 amide bonds. The van der Waals surface area contributed by atoms with Crippen LogP contribution in [0.2, 0.25) is 0 Å². The standard InChI is InChI=1S/C14H21BrN2O/c1-16-9-11-5-6-14(13(15)8-11)17-7-3-4-12(10-17)18-2/h5-6,8,12,16H,3-4,7,9-10H2,1-2H3. The van der Waals surface area contributed by atoms with Crippen molar-refractivity contribution in [2.24, 2.45) is 0 Å². The van der Waals surface area contributed by atoms with Crippen molar-refractivity contribution in [2.75, 3.05) is 32.1 Å². The van der Waals surface area contributed by atoms with E-state index in [4.69, 9.17) is 4.74 Å². The van der Waals surface area contributed by atoms with Gasteiger partial charge in [-0.05, 0) is 53.5 Å². The summed E-state index contributed by atoms with van der Waals surface area (Å²) in [5.74, 6) is 0. The number of nitrogens with zero attached hydrogens (tertiary/aromatic N) is 1. The van der Waals surface area contributed by atoms with Crippen LogP contribution in [0.25, 0.3) is 0 Å². The summed E-state index contributed by atoms with van der Waals surface area (Å²) in [5.41, 5.74) is 2.57. The minimum absolute atomic E-state index is 0.364. The van der Waals surface area contributed by atoms with Crippen LogP contribution in [0.3, 0.4) is 0 Å². The number of piperidine rings is 1. The number of hydrogen-bond acceptors (Lipinski definition) is 3. The first-order valence-electron chi connectivity index (χ1n) is 6.45. The quantitative estimate of drug-likeness (QED) is 0.925. The second-order valence-corrected chi connectivity index (χ2v) is 5.62. The summed E-state index contributed by atoms with van der Waals surface area (Å²) in [4.78, 5) is 2.41. The van der Waals surface area contributed by atoms with Gasteiger partial charge in [0, 0.05) is 31.2 Å². The Balaban J connectivity index is 2.12. The summed E-state index contributed by atoms with van der Waals surface area (Å²) in [6.07, 6.45) is 2.73. The van der Waals surface area contributed by atoms with Crippen molar-refractivity contribution in [1.82, 2.24) is 5.32 Å². The average Bonchev–Trinajstić information content (AvgIpc) is 2.39. The third-order valence-electron chi connectivity index (χ3n) is 3.45. The highest BCUT2D eigenvalue weighted by Gasteiger charge is 2.21. The zero-order valence-corrected chi connectivity index (χ0v) is 12.7. The van der Waals surface area contributed by atoms with Crippen molar-refractivity contribution >= 4 is 21.6 Å². The van der Waals surface area contributed by atoms with Crippen LogP contribution in [0, 0.1) is 0 Å².